The number of carbonyl (C=O) groups is 1. The van der Waals surface area contributed by atoms with E-state index in [1.807, 2.05) is 0 Å². The van der Waals surface area contributed by atoms with E-state index in [-0.39, 0.29) is 29.2 Å². The molecule has 2 N–H and O–H groups in total. The molecule has 0 amide bonds. The maximum Gasteiger partial charge on any atom is 0.416 e. The average Bonchev–Trinajstić information content (AvgIpc) is 2.42. The molecule has 1 atom stereocenters. The molecule has 0 aliphatic rings. The number of rotatable bonds is 5. The highest BCUT2D eigenvalue weighted by molar-refractivity contribution is 6.18. The van der Waals surface area contributed by atoms with Crippen LogP contribution in [0.25, 0.3) is 0 Å². The van der Waals surface area contributed by atoms with Crippen LogP contribution in [0.2, 0.25) is 0 Å². The maximum absolute atomic E-state index is 12.9. The van der Waals surface area contributed by atoms with Crippen molar-refractivity contribution in [2.24, 2.45) is 0 Å². The van der Waals surface area contributed by atoms with Crippen molar-refractivity contribution in [2.45, 2.75) is 19.2 Å². The van der Waals surface area contributed by atoms with Crippen molar-refractivity contribution in [2.75, 3.05) is 24.9 Å². The van der Waals surface area contributed by atoms with Crippen LogP contribution in [0.15, 0.2) is 12.1 Å². The number of alkyl halides is 4. The number of aliphatic hydroxyl groups excluding tert-OH is 1. The number of benzene rings is 1. The molecule has 1 unspecified atom stereocenters. The molecule has 0 aliphatic carbocycles. The van der Waals surface area contributed by atoms with Crippen molar-refractivity contribution in [3.63, 3.8) is 0 Å². The van der Waals surface area contributed by atoms with Gasteiger partial charge in [-0.25, -0.2) is 4.79 Å². The molecule has 0 radical (unpaired) electrons. The summed E-state index contributed by atoms with van der Waals surface area (Å²) in [7, 11) is 1.13. The molecule has 8 heteroatoms. The molecule has 0 bridgehead atoms. The Morgan fingerprint density at radius 2 is 2.10 bits per heavy atom. The minimum atomic E-state index is -4.54. The SMILES string of the molecule is COC(=O)c1cc(C)c(C(F)(F)F)cc1NCC(O)CCl. The quantitative estimate of drug-likeness (QED) is 0.645. The van der Waals surface area contributed by atoms with Crippen molar-refractivity contribution >= 4 is 23.3 Å². The number of halogens is 4. The smallest absolute Gasteiger partial charge is 0.416 e. The van der Waals surface area contributed by atoms with Crippen molar-refractivity contribution in [1.29, 1.82) is 0 Å². The van der Waals surface area contributed by atoms with Gasteiger partial charge >= 0.3 is 12.1 Å². The van der Waals surface area contributed by atoms with Gasteiger partial charge in [-0.1, -0.05) is 0 Å². The van der Waals surface area contributed by atoms with Crippen LogP contribution in [-0.4, -0.2) is 36.7 Å². The monoisotopic (exact) mass is 325 g/mol. The molecule has 1 aromatic carbocycles. The van der Waals surface area contributed by atoms with Crippen LogP contribution in [0, 0.1) is 6.92 Å². The van der Waals surface area contributed by atoms with E-state index in [1.165, 1.54) is 6.92 Å². The Labute approximate surface area is 124 Å². The molecule has 0 fully saturated rings. The van der Waals surface area contributed by atoms with Crippen LogP contribution in [0.4, 0.5) is 18.9 Å². The van der Waals surface area contributed by atoms with E-state index in [0.29, 0.717) is 0 Å². The first-order valence-electron chi connectivity index (χ1n) is 5.98. The van der Waals surface area contributed by atoms with Gasteiger partial charge in [-0.15, -0.1) is 11.6 Å². The Bertz CT molecular complexity index is 520. The molecule has 118 valence electrons. The molecule has 0 saturated heterocycles. The number of ether oxygens (including phenoxy) is 1. The second-order valence-electron chi connectivity index (χ2n) is 4.39. The van der Waals surface area contributed by atoms with Gasteiger partial charge in [-0.3, -0.25) is 0 Å². The van der Waals surface area contributed by atoms with Gasteiger partial charge in [0.05, 0.1) is 30.2 Å². The summed E-state index contributed by atoms with van der Waals surface area (Å²) in [6.07, 6.45) is -5.49. The van der Waals surface area contributed by atoms with Crippen LogP contribution in [0.3, 0.4) is 0 Å². The number of aryl methyl sites for hydroxylation is 1. The molecule has 21 heavy (non-hydrogen) atoms. The zero-order chi connectivity index (χ0) is 16.2. The summed E-state index contributed by atoms with van der Waals surface area (Å²) in [5.74, 6) is -0.854. The van der Waals surface area contributed by atoms with Crippen LogP contribution in [0.1, 0.15) is 21.5 Å². The lowest BCUT2D eigenvalue weighted by molar-refractivity contribution is -0.138. The highest BCUT2D eigenvalue weighted by Crippen LogP contribution is 2.35. The maximum atomic E-state index is 12.9. The Balaban J connectivity index is 3.24. The third-order valence-corrected chi connectivity index (χ3v) is 3.14. The van der Waals surface area contributed by atoms with E-state index in [4.69, 9.17) is 11.6 Å². The fourth-order valence-corrected chi connectivity index (χ4v) is 1.83. The number of carbonyl (C=O) groups excluding carboxylic acids is 1. The number of nitrogens with one attached hydrogen (secondary N) is 1. The fraction of sp³-hybridized carbons (Fsp3) is 0.462. The second kappa shape index (κ2) is 7.00. The van der Waals surface area contributed by atoms with Gasteiger partial charge in [0.2, 0.25) is 0 Å². The van der Waals surface area contributed by atoms with E-state index in [1.54, 1.807) is 0 Å². The molecule has 0 heterocycles. The first-order chi connectivity index (χ1) is 9.70. The Morgan fingerprint density at radius 3 is 2.57 bits per heavy atom. The van der Waals surface area contributed by atoms with E-state index in [9.17, 15) is 23.1 Å². The van der Waals surface area contributed by atoms with E-state index < -0.39 is 23.8 Å². The van der Waals surface area contributed by atoms with Gasteiger partial charge in [0, 0.05) is 12.2 Å². The summed E-state index contributed by atoms with van der Waals surface area (Å²) >= 11 is 5.42. The predicted molar refractivity (Wildman–Crippen MR) is 72.7 cm³/mol. The molecular weight excluding hydrogens is 311 g/mol. The molecule has 0 spiro atoms. The number of methoxy groups -OCH3 is 1. The zero-order valence-corrected chi connectivity index (χ0v) is 12.2. The van der Waals surface area contributed by atoms with Gasteiger partial charge in [0.15, 0.2) is 0 Å². The molecule has 0 saturated carbocycles. The van der Waals surface area contributed by atoms with Gasteiger partial charge in [-0.05, 0) is 24.6 Å². The largest absolute Gasteiger partial charge is 0.465 e. The molecule has 1 aromatic rings. The first kappa shape index (κ1) is 17.6. The number of hydrogen-bond donors (Lipinski definition) is 2. The van der Waals surface area contributed by atoms with Crippen molar-refractivity contribution in [3.05, 3.63) is 28.8 Å². The number of anilines is 1. The van der Waals surface area contributed by atoms with Gasteiger partial charge in [0.25, 0.3) is 0 Å². The summed E-state index contributed by atoms with van der Waals surface area (Å²) < 4.78 is 43.2. The Morgan fingerprint density at radius 1 is 1.48 bits per heavy atom. The summed E-state index contributed by atoms with van der Waals surface area (Å²) in [5, 5.41) is 11.9. The average molecular weight is 326 g/mol. The van der Waals surface area contributed by atoms with E-state index >= 15 is 0 Å². The summed E-state index contributed by atoms with van der Waals surface area (Å²) in [5.41, 5.74) is -1.06. The topological polar surface area (TPSA) is 58.6 Å². The molecule has 0 aliphatic heterocycles. The molecule has 4 nitrogen and oxygen atoms in total. The number of esters is 1. The first-order valence-corrected chi connectivity index (χ1v) is 6.52. The molecule has 1 rings (SSSR count). The molecule has 0 aromatic heterocycles. The standard InChI is InChI=1S/C13H15ClF3NO3/c1-7-3-9(12(20)21-2)11(18-6-8(19)5-14)4-10(7)13(15,16)17/h3-4,8,18-19H,5-6H2,1-2H3. The van der Waals surface area contributed by atoms with Crippen LogP contribution in [0.5, 0.6) is 0 Å². The lowest BCUT2D eigenvalue weighted by Gasteiger charge is -2.17. The third kappa shape index (κ3) is 4.50. The number of aliphatic hydroxyl groups is 1. The zero-order valence-electron chi connectivity index (χ0n) is 11.4. The van der Waals surface area contributed by atoms with E-state index in [0.717, 1.165) is 19.2 Å². The van der Waals surface area contributed by atoms with E-state index in [2.05, 4.69) is 10.1 Å². The normalized spacial score (nSPS) is 12.9. The summed E-state index contributed by atoms with van der Waals surface area (Å²) in [6.45, 7) is 1.17. The minimum absolute atomic E-state index is 0.0372. The van der Waals surface area contributed by atoms with Gasteiger partial charge < -0.3 is 15.2 Å². The van der Waals surface area contributed by atoms with Crippen LogP contribution < -0.4 is 5.32 Å². The van der Waals surface area contributed by atoms with Gasteiger partial charge in [-0.2, -0.15) is 13.2 Å². The summed E-state index contributed by atoms with van der Waals surface area (Å²) in [6, 6.07) is 1.92. The van der Waals surface area contributed by atoms with Crippen molar-refractivity contribution < 1.29 is 27.8 Å². The Kier molecular flexibility index (Phi) is 5.86. The third-order valence-electron chi connectivity index (χ3n) is 2.78. The van der Waals surface area contributed by atoms with Crippen LogP contribution in [-0.2, 0) is 10.9 Å². The lowest BCUT2D eigenvalue weighted by Crippen LogP contribution is -2.22. The van der Waals surface area contributed by atoms with Crippen LogP contribution >= 0.6 is 11.6 Å². The molecular formula is C13H15ClF3NO3. The number of hydrogen-bond acceptors (Lipinski definition) is 4. The fourth-order valence-electron chi connectivity index (χ4n) is 1.72. The highest BCUT2D eigenvalue weighted by atomic mass is 35.5. The van der Waals surface area contributed by atoms with Crippen molar-refractivity contribution in [1.82, 2.24) is 0 Å². The minimum Gasteiger partial charge on any atom is -0.465 e. The lowest BCUT2D eigenvalue weighted by atomic mass is 10.0. The second-order valence-corrected chi connectivity index (χ2v) is 4.70. The summed E-state index contributed by atoms with van der Waals surface area (Å²) in [4.78, 5) is 11.6. The highest BCUT2D eigenvalue weighted by Gasteiger charge is 2.34. The van der Waals surface area contributed by atoms with Crippen molar-refractivity contribution in [3.8, 4) is 0 Å². The Hall–Kier alpha value is -1.47. The predicted octanol–water partition coefficient (Wildman–Crippen LogP) is 2.81. The van der Waals surface area contributed by atoms with Gasteiger partial charge in [0.1, 0.15) is 0 Å².